The molecular weight excluding hydrogens is 420 g/mol. The molecule has 3 rings (SSSR count). The molecule has 0 aromatic heterocycles. The van der Waals surface area contributed by atoms with Crippen molar-refractivity contribution >= 4 is 17.5 Å². The Morgan fingerprint density at radius 3 is 2.63 bits per heavy atom. The van der Waals surface area contributed by atoms with Crippen molar-refractivity contribution in [1.82, 2.24) is 10.2 Å². The fraction of sp³-hybridized carbons (Fsp3) is 0.409. The average Bonchev–Trinajstić information content (AvgIpc) is 2.66. The molecule has 0 bridgehead atoms. The molecule has 3 nitrogen and oxygen atoms in total. The number of nitrogens with one attached hydrogen (secondary N) is 1. The van der Waals surface area contributed by atoms with Crippen LogP contribution in [0.3, 0.4) is 0 Å². The molecule has 1 aliphatic heterocycles. The highest BCUT2D eigenvalue weighted by Crippen LogP contribution is 2.34. The van der Waals surface area contributed by atoms with E-state index in [0.29, 0.717) is 25.1 Å². The van der Waals surface area contributed by atoms with Crippen molar-refractivity contribution in [2.45, 2.75) is 32.0 Å². The van der Waals surface area contributed by atoms with E-state index in [0.717, 1.165) is 23.3 Å². The molecule has 8 heteroatoms. The quantitative estimate of drug-likeness (QED) is 0.663. The highest BCUT2D eigenvalue weighted by molar-refractivity contribution is 6.30. The lowest BCUT2D eigenvalue weighted by atomic mass is 9.79. The number of carbonyl (C=O) groups is 1. The predicted octanol–water partition coefficient (Wildman–Crippen LogP) is 5.16. The van der Waals surface area contributed by atoms with E-state index < -0.39 is 11.7 Å². The van der Waals surface area contributed by atoms with Crippen LogP contribution in [0.5, 0.6) is 0 Å². The zero-order valence-corrected chi connectivity index (χ0v) is 17.4. The minimum absolute atomic E-state index is 0.0154. The maximum atomic E-state index is 13.5. The lowest BCUT2D eigenvalue weighted by Crippen LogP contribution is -2.44. The Kier molecular flexibility index (Phi) is 6.72. The zero-order chi connectivity index (χ0) is 22.1. The Labute approximate surface area is 178 Å². The Balaban J connectivity index is 1.81. The number of piperidine rings is 1. The van der Waals surface area contributed by atoms with Gasteiger partial charge in [-0.15, -0.1) is 0 Å². The van der Waals surface area contributed by atoms with Crippen molar-refractivity contribution in [2.24, 2.45) is 5.92 Å². The van der Waals surface area contributed by atoms with Crippen LogP contribution in [0.1, 0.15) is 34.6 Å². The van der Waals surface area contributed by atoms with Gasteiger partial charge in [0.15, 0.2) is 0 Å². The van der Waals surface area contributed by atoms with E-state index in [4.69, 9.17) is 11.6 Å². The van der Waals surface area contributed by atoms with Crippen molar-refractivity contribution in [1.29, 1.82) is 0 Å². The Morgan fingerprint density at radius 1 is 1.23 bits per heavy atom. The molecule has 0 radical (unpaired) electrons. The van der Waals surface area contributed by atoms with Crippen LogP contribution < -0.4 is 5.32 Å². The minimum Gasteiger partial charge on any atom is -0.341 e. The Morgan fingerprint density at radius 2 is 1.97 bits per heavy atom. The first-order chi connectivity index (χ1) is 14.1. The number of amides is 1. The summed E-state index contributed by atoms with van der Waals surface area (Å²) in [6.45, 7) is 3.06. The largest absolute Gasteiger partial charge is 0.416 e. The summed E-state index contributed by atoms with van der Waals surface area (Å²) >= 11 is 5.86. The van der Waals surface area contributed by atoms with Crippen LogP contribution in [-0.2, 0) is 17.5 Å². The number of carbonyl (C=O) groups excluding carboxylic acids is 1. The van der Waals surface area contributed by atoms with Crippen LogP contribution >= 0.6 is 11.6 Å². The lowest BCUT2D eigenvalue weighted by Gasteiger charge is -2.35. The van der Waals surface area contributed by atoms with Crippen LogP contribution in [0.15, 0.2) is 36.4 Å². The molecule has 1 aliphatic rings. The third-order valence-corrected chi connectivity index (χ3v) is 5.73. The lowest BCUT2D eigenvalue weighted by molar-refractivity contribution is -0.137. The molecule has 2 unspecified atom stereocenters. The molecular formula is C22H23ClF4N2O. The van der Waals surface area contributed by atoms with Gasteiger partial charge >= 0.3 is 6.18 Å². The highest BCUT2D eigenvalue weighted by atomic mass is 35.5. The number of halogens is 5. The first-order valence-corrected chi connectivity index (χ1v) is 10.0. The van der Waals surface area contributed by atoms with Gasteiger partial charge in [0.25, 0.3) is 0 Å². The molecule has 2 atom stereocenters. The number of rotatable bonds is 4. The van der Waals surface area contributed by atoms with Crippen LogP contribution in [0, 0.1) is 18.7 Å². The first kappa shape index (κ1) is 22.6. The van der Waals surface area contributed by atoms with Crippen LogP contribution in [0.4, 0.5) is 17.6 Å². The summed E-state index contributed by atoms with van der Waals surface area (Å²) in [4.78, 5) is 14.6. The Bertz CT molecular complexity index is 932. The number of hydrogen-bond acceptors (Lipinski definition) is 2. The van der Waals surface area contributed by atoms with E-state index in [2.05, 4.69) is 5.32 Å². The summed E-state index contributed by atoms with van der Waals surface area (Å²) < 4.78 is 52.7. The molecule has 162 valence electrons. The smallest absolute Gasteiger partial charge is 0.341 e. The molecule has 0 aliphatic carbocycles. The number of nitrogens with zero attached hydrogens (tertiary/aromatic N) is 1. The summed E-state index contributed by atoms with van der Waals surface area (Å²) in [7, 11) is 1.58. The van der Waals surface area contributed by atoms with Gasteiger partial charge in [-0.3, -0.25) is 4.79 Å². The van der Waals surface area contributed by atoms with Crippen molar-refractivity contribution < 1.29 is 22.4 Å². The molecule has 1 fully saturated rings. The molecule has 1 saturated heterocycles. The van der Waals surface area contributed by atoms with E-state index in [1.165, 1.54) is 23.1 Å². The van der Waals surface area contributed by atoms with Crippen molar-refractivity contribution in [2.75, 3.05) is 20.1 Å². The van der Waals surface area contributed by atoms with E-state index in [1.54, 1.807) is 13.1 Å². The summed E-state index contributed by atoms with van der Waals surface area (Å²) in [6, 6.07) is 7.85. The monoisotopic (exact) mass is 442 g/mol. The molecule has 2 aromatic rings. The van der Waals surface area contributed by atoms with Gasteiger partial charge in [-0.2, -0.15) is 13.2 Å². The predicted molar refractivity (Wildman–Crippen MR) is 108 cm³/mol. The third kappa shape index (κ3) is 5.13. The van der Waals surface area contributed by atoms with Crippen molar-refractivity contribution in [3.05, 3.63) is 69.5 Å². The number of aryl methyl sites for hydroxylation is 1. The molecule has 1 heterocycles. The Hall–Kier alpha value is -2.12. The van der Waals surface area contributed by atoms with Gasteiger partial charge in [0, 0.05) is 37.0 Å². The molecule has 2 aromatic carbocycles. The molecule has 1 N–H and O–H groups in total. The maximum Gasteiger partial charge on any atom is 0.416 e. The fourth-order valence-corrected chi connectivity index (χ4v) is 4.33. The van der Waals surface area contributed by atoms with E-state index in [1.807, 2.05) is 6.92 Å². The number of hydrogen-bond donors (Lipinski definition) is 1. The molecule has 0 spiro atoms. The second-order valence-electron chi connectivity index (χ2n) is 7.75. The summed E-state index contributed by atoms with van der Waals surface area (Å²) in [5, 5.41) is 3.25. The van der Waals surface area contributed by atoms with Gasteiger partial charge in [0.05, 0.1) is 5.56 Å². The standard InChI is InChI=1S/C22H23ClF4N2O/c1-13-7-17(24)3-4-18(13)20-11-28-6-5-19(20)21(30)29(2)12-14-8-15(22(25,26)27)10-16(23)9-14/h3-4,7-10,19-20,28H,5-6,11-12H2,1-2H3. The van der Waals surface area contributed by atoms with Gasteiger partial charge in [0.1, 0.15) is 5.82 Å². The van der Waals surface area contributed by atoms with E-state index in [-0.39, 0.29) is 35.1 Å². The van der Waals surface area contributed by atoms with Gasteiger partial charge in [0.2, 0.25) is 5.91 Å². The van der Waals surface area contributed by atoms with Crippen molar-refractivity contribution in [3.8, 4) is 0 Å². The second-order valence-corrected chi connectivity index (χ2v) is 8.18. The van der Waals surface area contributed by atoms with Gasteiger partial charge < -0.3 is 10.2 Å². The van der Waals surface area contributed by atoms with E-state index >= 15 is 0 Å². The summed E-state index contributed by atoms with van der Waals surface area (Å²) in [5.41, 5.74) is 1.15. The van der Waals surface area contributed by atoms with Gasteiger partial charge in [-0.25, -0.2) is 4.39 Å². The third-order valence-electron chi connectivity index (χ3n) is 5.51. The maximum absolute atomic E-state index is 13.5. The second kappa shape index (κ2) is 8.94. The summed E-state index contributed by atoms with van der Waals surface area (Å²) in [5.74, 6) is -0.971. The molecule has 0 saturated carbocycles. The van der Waals surface area contributed by atoms with Crippen LogP contribution in [-0.4, -0.2) is 30.9 Å². The van der Waals surface area contributed by atoms with Gasteiger partial charge in [-0.05, 0) is 66.9 Å². The molecule has 1 amide bonds. The minimum atomic E-state index is -4.51. The van der Waals surface area contributed by atoms with Gasteiger partial charge in [-0.1, -0.05) is 17.7 Å². The topological polar surface area (TPSA) is 32.3 Å². The SMILES string of the molecule is Cc1cc(F)ccc1C1CNCCC1C(=O)N(C)Cc1cc(Cl)cc(C(F)(F)F)c1. The highest BCUT2D eigenvalue weighted by Gasteiger charge is 2.35. The number of alkyl halides is 3. The first-order valence-electron chi connectivity index (χ1n) is 9.64. The van der Waals surface area contributed by atoms with Crippen molar-refractivity contribution in [3.63, 3.8) is 0 Å². The van der Waals surface area contributed by atoms with E-state index in [9.17, 15) is 22.4 Å². The molecule has 30 heavy (non-hydrogen) atoms. The van der Waals surface area contributed by atoms with Crippen LogP contribution in [0.25, 0.3) is 0 Å². The number of benzene rings is 2. The fourth-order valence-electron chi connectivity index (χ4n) is 4.08. The van der Waals surface area contributed by atoms with Crippen LogP contribution in [0.2, 0.25) is 5.02 Å². The average molecular weight is 443 g/mol. The zero-order valence-electron chi connectivity index (χ0n) is 16.7. The normalized spacial score (nSPS) is 19.6. The summed E-state index contributed by atoms with van der Waals surface area (Å²) in [6.07, 6.45) is -3.92.